The fourth-order valence-electron chi connectivity index (χ4n) is 3.48. The van der Waals surface area contributed by atoms with Crippen molar-refractivity contribution in [1.82, 2.24) is 4.90 Å². The molecule has 19 heavy (non-hydrogen) atoms. The van der Waals surface area contributed by atoms with E-state index in [2.05, 4.69) is 49.2 Å². The predicted molar refractivity (Wildman–Crippen MR) is 77.4 cm³/mol. The average molecular weight is 258 g/mol. The van der Waals surface area contributed by atoms with Crippen molar-refractivity contribution >= 4 is 11.6 Å². The van der Waals surface area contributed by atoms with Gasteiger partial charge in [0.15, 0.2) is 0 Å². The molecule has 3 heteroatoms. The van der Waals surface area contributed by atoms with Gasteiger partial charge in [0.1, 0.15) is 0 Å². The van der Waals surface area contributed by atoms with Gasteiger partial charge < -0.3 is 5.32 Å². The van der Waals surface area contributed by atoms with Gasteiger partial charge in [-0.1, -0.05) is 12.1 Å². The zero-order valence-corrected chi connectivity index (χ0v) is 12.0. The number of nitrogens with zero attached hydrogens (tertiary/aromatic N) is 1. The van der Waals surface area contributed by atoms with E-state index in [1.54, 1.807) is 0 Å². The van der Waals surface area contributed by atoms with Crippen LogP contribution in [0.15, 0.2) is 18.2 Å². The minimum atomic E-state index is -0.314. The third-order valence-electron chi connectivity index (χ3n) is 4.63. The summed E-state index contributed by atoms with van der Waals surface area (Å²) in [4.78, 5) is 15.0. The molecule has 1 spiro atoms. The Morgan fingerprint density at radius 1 is 1.37 bits per heavy atom. The Bertz CT molecular complexity index is 523. The highest BCUT2D eigenvalue weighted by Gasteiger charge is 2.49. The van der Waals surface area contributed by atoms with Gasteiger partial charge in [0, 0.05) is 18.3 Å². The van der Waals surface area contributed by atoms with Crippen LogP contribution in [0.25, 0.3) is 0 Å². The van der Waals surface area contributed by atoms with Gasteiger partial charge in [-0.05, 0) is 57.4 Å². The third-order valence-corrected chi connectivity index (χ3v) is 4.63. The number of benzene rings is 1. The van der Waals surface area contributed by atoms with Crippen molar-refractivity contribution in [3.63, 3.8) is 0 Å². The molecule has 1 aromatic rings. The predicted octanol–water partition coefficient (Wildman–Crippen LogP) is 2.69. The number of rotatable bonds is 1. The fourth-order valence-corrected chi connectivity index (χ4v) is 3.48. The van der Waals surface area contributed by atoms with Crippen LogP contribution in [0.3, 0.4) is 0 Å². The van der Waals surface area contributed by atoms with Gasteiger partial charge in [-0.15, -0.1) is 0 Å². The third kappa shape index (κ3) is 1.88. The molecule has 0 unspecified atom stereocenters. The van der Waals surface area contributed by atoms with Gasteiger partial charge in [-0.3, -0.25) is 9.69 Å². The van der Waals surface area contributed by atoms with E-state index < -0.39 is 0 Å². The SMILES string of the molecule is Cc1ccc2c(c1)NC(=O)[C@]21CCCN(C(C)C)C1. The summed E-state index contributed by atoms with van der Waals surface area (Å²) in [6.45, 7) is 8.45. The summed E-state index contributed by atoms with van der Waals surface area (Å²) in [6.07, 6.45) is 2.07. The summed E-state index contributed by atoms with van der Waals surface area (Å²) in [5, 5.41) is 3.09. The molecule has 3 nitrogen and oxygen atoms in total. The van der Waals surface area contributed by atoms with E-state index in [0.717, 1.165) is 31.6 Å². The number of hydrogen-bond donors (Lipinski definition) is 1. The number of fused-ring (bicyclic) bond motifs is 2. The molecule has 0 aromatic heterocycles. The maximum atomic E-state index is 12.5. The molecular weight excluding hydrogens is 236 g/mol. The van der Waals surface area contributed by atoms with E-state index in [-0.39, 0.29) is 11.3 Å². The van der Waals surface area contributed by atoms with Crippen molar-refractivity contribution < 1.29 is 4.79 Å². The second kappa shape index (κ2) is 4.34. The number of anilines is 1. The summed E-state index contributed by atoms with van der Waals surface area (Å²) >= 11 is 0. The van der Waals surface area contributed by atoms with Crippen LogP contribution in [0.2, 0.25) is 0 Å². The first-order valence-electron chi connectivity index (χ1n) is 7.19. The second-order valence-electron chi connectivity index (χ2n) is 6.25. The number of amides is 1. The molecule has 3 rings (SSSR count). The first-order chi connectivity index (χ1) is 9.03. The lowest BCUT2D eigenvalue weighted by atomic mass is 9.74. The lowest BCUT2D eigenvalue weighted by Crippen LogP contribution is -2.51. The van der Waals surface area contributed by atoms with E-state index in [4.69, 9.17) is 0 Å². The van der Waals surface area contributed by atoms with Gasteiger partial charge in [0.05, 0.1) is 5.41 Å². The number of likely N-dealkylation sites (tertiary alicyclic amines) is 1. The zero-order valence-electron chi connectivity index (χ0n) is 12.0. The van der Waals surface area contributed by atoms with Crippen LogP contribution >= 0.6 is 0 Å². The molecular formula is C16H22N2O. The number of carbonyl (C=O) groups is 1. The van der Waals surface area contributed by atoms with Gasteiger partial charge in [0.2, 0.25) is 5.91 Å². The van der Waals surface area contributed by atoms with Crippen LogP contribution < -0.4 is 5.32 Å². The van der Waals surface area contributed by atoms with Gasteiger partial charge in [-0.25, -0.2) is 0 Å². The van der Waals surface area contributed by atoms with Crippen molar-refractivity contribution in [2.75, 3.05) is 18.4 Å². The molecule has 0 saturated carbocycles. The Morgan fingerprint density at radius 2 is 2.16 bits per heavy atom. The summed E-state index contributed by atoms with van der Waals surface area (Å²) in [7, 11) is 0. The molecule has 1 N–H and O–H groups in total. The normalized spacial score (nSPS) is 26.8. The lowest BCUT2D eigenvalue weighted by Gasteiger charge is -2.41. The summed E-state index contributed by atoms with van der Waals surface area (Å²) in [5.74, 6) is 0.193. The van der Waals surface area contributed by atoms with Gasteiger partial charge >= 0.3 is 0 Å². The first kappa shape index (κ1) is 12.7. The molecule has 0 aliphatic carbocycles. The lowest BCUT2D eigenvalue weighted by molar-refractivity contribution is -0.123. The minimum Gasteiger partial charge on any atom is -0.325 e. The quantitative estimate of drug-likeness (QED) is 0.840. The Balaban J connectivity index is 2.02. The van der Waals surface area contributed by atoms with Crippen molar-refractivity contribution in [2.45, 2.75) is 45.1 Å². The van der Waals surface area contributed by atoms with E-state index in [1.165, 1.54) is 11.1 Å². The van der Waals surface area contributed by atoms with Crippen molar-refractivity contribution in [2.24, 2.45) is 0 Å². The number of carbonyl (C=O) groups excluding carboxylic acids is 1. The molecule has 1 saturated heterocycles. The van der Waals surface area contributed by atoms with E-state index in [0.29, 0.717) is 6.04 Å². The molecule has 2 aliphatic rings. The van der Waals surface area contributed by atoms with Crippen LogP contribution in [0.4, 0.5) is 5.69 Å². The van der Waals surface area contributed by atoms with Crippen molar-refractivity contribution in [3.8, 4) is 0 Å². The first-order valence-corrected chi connectivity index (χ1v) is 7.19. The Hall–Kier alpha value is -1.35. The van der Waals surface area contributed by atoms with Crippen LogP contribution in [-0.4, -0.2) is 29.9 Å². The van der Waals surface area contributed by atoms with Gasteiger partial charge in [-0.2, -0.15) is 0 Å². The number of hydrogen-bond acceptors (Lipinski definition) is 2. The fraction of sp³-hybridized carbons (Fsp3) is 0.562. The number of nitrogens with one attached hydrogen (secondary N) is 1. The van der Waals surface area contributed by atoms with Crippen molar-refractivity contribution in [3.05, 3.63) is 29.3 Å². The van der Waals surface area contributed by atoms with Gasteiger partial charge in [0.25, 0.3) is 0 Å². The number of piperidine rings is 1. The maximum absolute atomic E-state index is 12.5. The Labute approximate surface area is 115 Å². The van der Waals surface area contributed by atoms with Crippen LogP contribution in [-0.2, 0) is 10.2 Å². The summed E-state index contributed by atoms with van der Waals surface area (Å²) in [6, 6.07) is 6.86. The zero-order chi connectivity index (χ0) is 13.6. The molecule has 2 aliphatic heterocycles. The Kier molecular flexibility index (Phi) is 2.90. The Morgan fingerprint density at radius 3 is 2.89 bits per heavy atom. The van der Waals surface area contributed by atoms with E-state index >= 15 is 0 Å². The maximum Gasteiger partial charge on any atom is 0.236 e. The molecule has 1 amide bonds. The molecule has 2 heterocycles. The van der Waals surface area contributed by atoms with Crippen LogP contribution in [0.1, 0.15) is 37.8 Å². The molecule has 1 aromatic carbocycles. The van der Waals surface area contributed by atoms with Crippen molar-refractivity contribution in [1.29, 1.82) is 0 Å². The average Bonchev–Trinajstić information content (AvgIpc) is 2.62. The second-order valence-corrected chi connectivity index (χ2v) is 6.25. The van der Waals surface area contributed by atoms with E-state index in [9.17, 15) is 4.79 Å². The van der Waals surface area contributed by atoms with Crippen LogP contribution in [0, 0.1) is 6.92 Å². The topological polar surface area (TPSA) is 32.3 Å². The minimum absolute atomic E-state index is 0.193. The molecule has 1 atom stereocenters. The highest BCUT2D eigenvalue weighted by Crippen LogP contribution is 2.44. The standard InChI is InChI=1S/C16H22N2O/c1-11(2)18-8-4-7-16(10-18)13-6-5-12(3)9-14(13)17-15(16)19/h5-6,9,11H,4,7-8,10H2,1-3H3,(H,17,19)/t16-/m0/s1. The molecule has 102 valence electrons. The summed E-state index contributed by atoms with van der Waals surface area (Å²) in [5.41, 5.74) is 3.11. The monoisotopic (exact) mass is 258 g/mol. The molecule has 1 fully saturated rings. The highest BCUT2D eigenvalue weighted by atomic mass is 16.2. The highest BCUT2D eigenvalue weighted by molar-refractivity contribution is 6.06. The molecule has 0 radical (unpaired) electrons. The van der Waals surface area contributed by atoms with Crippen LogP contribution in [0.5, 0.6) is 0 Å². The number of aryl methyl sites for hydroxylation is 1. The largest absolute Gasteiger partial charge is 0.325 e. The summed E-state index contributed by atoms with van der Waals surface area (Å²) < 4.78 is 0. The van der Waals surface area contributed by atoms with E-state index in [1.807, 2.05) is 0 Å². The molecule has 0 bridgehead atoms. The smallest absolute Gasteiger partial charge is 0.236 e.